The van der Waals surface area contributed by atoms with Gasteiger partial charge in [-0.05, 0) is 26.2 Å². The van der Waals surface area contributed by atoms with Crippen molar-refractivity contribution in [3.05, 3.63) is 0 Å². The van der Waals surface area contributed by atoms with Crippen LogP contribution in [0.1, 0.15) is 33.1 Å². The van der Waals surface area contributed by atoms with E-state index in [1.54, 1.807) is 6.92 Å². The van der Waals surface area contributed by atoms with E-state index in [0.717, 1.165) is 12.8 Å². The van der Waals surface area contributed by atoms with Gasteiger partial charge in [0.1, 0.15) is 0 Å². The summed E-state index contributed by atoms with van der Waals surface area (Å²) in [6, 6.07) is 0.506. The van der Waals surface area contributed by atoms with Crippen molar-refractivity contribution in [1.29, 1.82) is 0 Å². The van der Waals surface area contributed by atoms with Crippen LogP contribution in [0.4, 0.5) is 0 Å². The molecule has 1 rings (SSSR count). The molecule has 0 radical (unpaired) electrons. The van der Waals surface area contributed by atoms with Crippen molar-refractivity contribution < 1.29 is 13.5 Å². The molecule has 0 amide bonds. The number of aliphatic hydroxyl groups excluding tert-OH is 1. The molecule has 2 N–H and O–H groups in total. The number of hydrogen-bond donors (Lipinski definition) is 2. The van der Waals surface area contributed by atoms with E-state index in [1.807, 2.05) is 6.92 Å². The molecule has 1 aliphatic rings. The normalized spacial score (nSPS) is 21.3. The maximum atomic E-state index is 11.6. The number of hydrogen-bond acceptors (Lipinski definition) is 4. The van der Waals surface area contributed by atoms with Crippen LogP contribution >= 0.6 is 0 Å². The Morgan fingerprint density at radius 3 is 2.53 bits per heavy atom. The lowest BCUT2D eigenvalue weighted by atomic mass is 10.4. The third kappa shape index (κ3) is 4.49. The Bertz CT molecular complexity index is 285. The lowest BCUT2D eigenvalue weighted by molar-refractivity contribution is 0.193. The van der Waals surface area contributed by atoms with E-state index in [0.29, 0.717) is 19.0 Å². The summed E-state index contributed by atoms with van der Waals surface area (Å²) in [5, 5.41) is 12.3. The van der Waals surface area contributed by atoms with Crippen molar-refractivity contribution in [1.82, 2.24) is 5.32 Å². The van der Waals surface area contributed by atoms with Gasteiger partial charge in [-0.2, -0.15) is 0 Å². The van der Waals surface area contributed by atoms with Crippen molar-refractivity contribution in [2.75, 3.05) is 12.3 Å². The Hall–Kier alpha value is -0.130. The Balaban J connectivity index is 2.31. The van der Waals surface area contributed by atoms with E-state index in [2.05, 4.69) is 5.32 Å². The molecule has 0 saturated heterocycles. The van der Waals surface area contributed by atoms with Crippen molar-refractivity contribution >= 4 is 9.84 Å². The van der Waals surface area contributed by atoms with Crippen LogP contribution in [0.5, 0.6) is 0 Å². The Morgan fingerprint density at radius 2 is 2.07 bits per heavy atom. The first-order valence-corrected chi connectivity index (χ1v) is 7.30. The minimum atomic E-state index is -3.13. The predicted molar refractivity (Wildman–Crippen MR) is 60.6 cm³/mol. The van der Waals surface area contributed by atoms with Crippen LogP contribution in [0, 0.1) is 0 Å². The molecule has 1 aliphatic carbocycles. The fraction of sp³-hybridized carbons (Fsp3) is 1.00. The summed E-state index contributed by atoms with van der Waals surface area (Å²) in [5.74, 6) is -0.123. The van der Waals surface area contributed by atoms with Gasteiger partial charge in [-0.1, -0.05) is 6.92 Å². The summed E-state index contributed by atoms with van der Waals surface area (Å²) in [5.41, 5.74) is 0. The van der Waals surface area contributed by atoms with Crippen molar-refractivity contribution in [2.24, 2.45) is 0 Å². The average Bonchev–Trinajstić information content (AvgIpc) is 2.96. The lowest BCUT2D eigenvalue weighted by Gasteiger charge is -2.15. The Morgan fingerprint density at radius 1 is 1.47 bits per heavy atom. The van der Waals surface area contributed by atoms with Crippen LogP contribution in [0.2, 0.25) is 0 Å². The molecule has 2 unspecified atom stereocenters. The zero-order valence-corrected chi connectivity index (χ0v) is 10.3. The van der Waals surface area contributed by atoms with E-state index >= 15 is 0 Å². The van der Waals surface area contributed by atoms with Crippen LogP contribution in [-0.2, 0) is 9.84 Å². The van der Waals surface area contributed by atoms with Gasteiger partial charge in [0.2, 0.25) is 0 Å². The summed E-state index contributed by atoms with van der Waals surface area (Å²) in [7, 11) is -3.13. The van der Waals surface area contributed by atoms with Crippen molar-refractivity contribution in [2.45, 2.75) is 50.5 Å². The average molecular weight is 235 g/mol. The molecular formula is C10H21NO3S. The quantitative estimate of drug-likeness (QED) is 0.666. The van der Waals surface area contributed by atoms with Gasteiger partial charge in [0, 0.05) is 12.6 Å². The molecule has 2 atom stereocenters. The number of rotatable bonds is 7. The smallest absolute Gasteiger partial charge is 0.155 e. The van der Waals surface area contributed by atoms with Crippen LogP contribution in [0.25, 0.3) is 0 Å². The van der Waals surface area contributed by atoms with Crippen LogP contribution in [-0.4, -0.2) is 43.2 Å². The molecule has 0 aromatic carbocycles. The Kier molecular flexibility index (Phi) is 4.55. The molecule has 0 aromatic heterocycles. The van der Waals surface area contributed by atoms with Gasteiger partial charge < -0.3 is 10.4 Å². The van der Waals surface area contributed by atoms with Gasteiger partial charge >= 0.3 is 0 Å². The maximum Gasteiger partial charge on any atom is 0.155 e. The molecule has 0 heterocycles. The van der Waals surface area contributed by atoms with Crippen LogP contribution in [0.15, 0.2) is 0 Å². The molecule has 1 saturated carbocycles. The standard InChI is InChI=1S/C10H21NO3S/c1-3-8(2)15(13,14)7-10(12)6-11-9-4-5-9/h8-12H,3-7H2,1-2H3. The monoisotopic (exact) mass is 235 g/mol. The van der Waals surface area contributed by atoms with Gasteiger partial charge in [0.15, 0.2) is 9.84 Å². The lowest BCUT2D eigenvalue weighted by Crippen LogP contribution is -2.36. The SMILES string of the molecule is CCC(C)S(=O)(=O)CC(O)CNC1CC1. The van der Waals surface area contributed by atoms with Crippen molar-refractivity contribution in [3.8, 4) is 0 Å². The molecule has 1 fully saturated rings. The summed E-state index contributed by atoms with van der Waals surface area (Å²) in [6.07, 6.45) is 2.12. The second-order valence-corrected chi connectivity index (χ2v) is 6.85. The zero-order valence-electron chi connectivity index (χ0n) is 9.44. The van der Waals surface area contributed by atoms with E-state index in [-0.39, 0.29) is 11.0 Å². The first-order chi connectivity index (χ1) is 6.95. The van der Waals surface area contributed by atoms with Gasteiger partial charge in [0.25, 0.3) is 0 Å². The Labute approximate surface area is 92.0 Å². The predicted octanol–water partition coefficient (Wildman–Crippen LogP) is 0.313. The zero-order chi connectivity index (χ0) is 11.5. The fourth-order valence-electron chi connectivity index (χ4n) is 1.34. The molecule has 0 bridgehead atoms. The molecule has 0 spiro atoms. The highest BCUT2D eigenvalue weighted by Gasteiger charge is 2.25. The first-order valence-electron chi connectivity index (χ1n) is 5.58. The second kappa shape index (κ2) is 5.27. The summed E-state index contributed by atoms with van der Waals surface area (Å²) in [6.45, 7) is 3.92. The molecule has 15 heavy (non-hydrogen) atoms. The van der Waals surface area contributed by atoms with Gasteiger partial charge in [-0.3, -0.25) is 0 Å². The highest BCUT2D eigenvalue weighted by molar-refractivity contribution is 7.92. The summed E-state index contributed by atoms with van der Waals surface area (Å²) < 4.78 is 23.3. The topological polar surface area (TPSA) is 66.4 Å². The third-order valence-corrected chi connectivity index (χ3v) is 5.24. The fourth-order valence-corrected chi connectivity index (χ4v) is 2.83. The van der Waals surface area contributed by atoms with Crippen LogP contribution < -0.4 is 5.32 Å². The van der Waals surface area contributed by atoms with Gasteiger partial charge in [-0.15, -0.1) is 0 Å². The third-order valence-electron chi connectivity index (χ3n) is 2.83. The largest absolute Gasteiger partial charge is 0.391 e. The molecular weight excluding hydrogens is 214 g/mol. The van der Waals surface area contributed by atoms with E-state index in [1.165, 1.54) is 0 Å². The molecule has 5 heteroatoms. The minimum Gasteiger partial charge on any atom is -0.391 e. The first kappa shape index (κ1) is 12.9. The van der Waals surface area contributed by atoms with Gasteiger partial charge in [-0.25, -0.2) is 8.42 Å². The molecule has 0 aromatic rings. The van der Waals surface area contributed by atoms with Crippen molar-refractivity contribution in [3.63, 3.8) is 0 Å². The summed E-state index contributed by atoms with van der Waals surface area (Å²) >= 11 is 0. The number of nitrogens with one attached hydrogen (secondary N) is 1. The van der Waals surface area contributed by atoms with Gasteiger partial charge in [0.05, 0.1) is 17.1 Å². The summed E-state index contributed by atoms with van der Waals surface area (Å²) in [4.78, 5) is 0. The van der Waals surface area contributed by atoms with E-state index < -0.39 is 15.9 Å². The minimum absolute atomic E-state index is 0.123. The maximum absolute atomic E-state index is 11.6. The van der Waals surface area contributed by atoms with Crippen LogP contribution in [0.3, 0.4) is 0 Å². The highest BCUT2D eigenvalue weighted by atomic mass is 32.2. The molecule has 90 valence electrons. The molecule has 0 aliphatic heterocycles. The van der Waals surface area contributed by atoms with E-state index in [9.17, 15) is 13.5 Å². The van der Waals surface area contributed by atoms with E-state index in [4.69, 9.17) is 0 Å². The number of sulfone groups is 1. The highest BCUT2D eigenvalue weighted by Crippen LogP contribution is 2.18. The number of aliphatic hydroxyl groups is 1. The molecule has 4 nitrogen and oxygen atoms in total. The second-order valence-electron chi connectivity index (χ2n) is 4.38.